The second-order valence-corrected chi connectivity index (χ2v) is 6.82. The van der Waals surface area contributed by atoms with Crippen molar-refractivity contribution < 1.29 is 18.0 Å². The average molecular weight is 424 g/mol. The van der Waals surface area contributed by atoms with Crippen LogP contribution in [0.3, 0.4) is 0 Å². The second-order valence-electron chi connectivity index (χ2n) is 6.82. The third-order valence-corrected chi connectivity index (χ3v) is 4.69. The quantitative estimate of drug-likeness (QED) is 0.665. The molecule has 4 rings (SSSR count). The number of alkyl halides is 3. The van der Waals surface area contributed by atoms with Crippen LogP contribution in [0.15, 0.2) is 24.7 Å². The van der Waals surface area contributed by atoms with Crippen LogP contribution in [-0.2, 0) is 7.05 Å². The molecule has 1 saturated heterocycles. The van der Waals surface area contributed by atoms with E-state index in [4.69, 9.17) is 5.73 Å². The van der Waals surface area contributed by atoms with E-state index in [0.29, 0.717) is 25.2 Å². The lowest BCUT2D eigenvalue weighted by Gasteiger charge is -2.31. The number of aryl methyl sites for hydroxylation is 1. The number of nitrogens with zero attached hydrogens (tertiary/aromatic N) is 6. The number of hydrogen-bond donors (Lipinski definition) is 2. The molecule has 1 amide bonds. The van der Waals surface area contributed by atoms with Crippen LogP contribution in [0.25, 0.3) is 5.65 Å². The molecule has 1 unspecified atom stereocenters. The Kier molecular flexibility index (Phi) is 6.55. The van der Waals surface area contributed by atoms with Gasteiger partial charge in [-0.15, -0.1) is 0 Å². The molecular formula is C18H23F3N8O. The number of nitrogens with two attached hydrogens (primary N) is 1. The highest BCUT2D eigenvalue weighted by atomic mass is 19.3. The van der Waals surface area contributed by atoms with Gasteiger partial charge >= 0.3 is 0 Å². The highest BCUT2D eigenvalue weighted by molar-refractivity contribution is 6.08. The van der Waals surface area contributed by atoms with Gasteiger partial charge in [0.2, 0.25) is 0 Å². The molecule has 3 N–H and O–H groups in total. The number of aromatic nitrogens is 5. The SMILES string of the molecule is CF.Cn1cc(NC(=O)c2cnn3ccc(N4CCCC(N)C4)nc23)c(C(F)F)n1. The summed E-state index contributed by atoms with van der Waals surface area (Å²) in [5.41, 5.74) is 6.05. The summed E-state index contributed by atoms with van der Waals surface area (Å²) in [5.74, 6) is 0.122. The van der Waals surface area contributed by atoms with Gasteiger partial charge in [-0.2, -0.15) is 10.2 Å². The number of anilines is 2. The predicted octanol–water partition coefficient (Wildman–Crippen LogP) is 2.17. The van der Waals surface area contributed by atoms with E-state index in [9.17, 15) is 18.0 Å². The molecule has 12 heteroatoms. The van der Waals surface area contributed by atoms with Crippen LogP contribution in [0.5, 0.6) is 0 Å². The van der Waals surface area contributed by atoms with Crippen molar-refractivity contribution in [3.05, 3.63) is 35.9 Å². The summed E-state index contributed by atoms with van der Waals surface area (Å²) in [4.78, 5) is 19.3. The molecule has 9 nitrogen and oxygen atoms in total. The number of hydrogen-bond acceptors (Lipinski definition) is 6. The maximum Gasteiger partial charge on any atom is 0.284 e. The maximum atomic E-state index is 13.1. The third-order valence-electron chi connectivity index (χ3n) is 4.69. The highest BCUT2D eigenvalue weighted by Crippen LogP contribution is 2.26. The van der Waals surface area contributed by atoms with Crippen molar-refractivity contribution in [2.24, 2.45) is 12.8 Å². The molecule has 30 heavy (non-hydrogen) atoms. The van der Waals surface area contributed by atoms with Crippen molar-refractivity contribution in [1.82, 2.24) is 24.4 Å². The molecular weight excluding hydrogens is 401 g/mol. The van der Waals surface area contributed by atoms with Crippen molar-refractivity contribution >= 4 is 23.1 Å². The van der Waals surface area contributed by atoms with Gasteiger partial charge in [0.05, 0.1) is 19.1 Å². The standard InChI is InChI=1S/C17H20F2N8O.CH3F/c1-25-9-12(14(24-25)15(18)19)22-17(28)11-7-21-27-6-4-13(23-16(11)27)26-5-2-3-10(20)8-26;1-2/h4,6-7,9-10,15H,2-3,5,8,20H2,1H3,(H,22,28);1H3. The smallest absolute Gasteiger partial charge is 0.284 e. The number of halogens is 3. The van der Waals surface area contributed by atoms with E-state index in [1.807, 2.05) is 6.07 Å². The van der Waals surface area contributed by atoms with E-state index in [1.54, 1.807) is 6.20 Å². The van der Waals surface area contributed by atoms with E-state index in [0.717, 1.165) is 19.4 Å². The summed E-state index contributed by atoms with van der Waals surface area (Å²) >= 11 is 0. The Morgan fingerprint density at radius 3 is 2.83 bits per heavy atom. The first-order valence-electron chi connectivity index (χ1n) is 9.28. The minimum atomic E-state index is -2.80. The zero-order chi connectivity index (χ0) is 21.8. The van der Waals surface area contributed by atoms with Gasteiger partial charge in [0.25, 0.3) is 12.3 Å². The second kappa shape index (κ2) is 9.11. The lowest BCUT2D eigenvalue weighted by molar-refractivity contribution is 0.102. The first kappa shape index (κ1) is 21.6. The molecule has 1 atom stereocenters. The summed E-state index contributed by atoms with van der Waals surface area (Å²) in [6.07, 6.45) is 3.55. The number of rotatable bonds is 4. The van der Waals surface area contributed by atoms with Crippen molar-refractivity contribution in [2.45, 2.75) is 25.3 Å². The van der Waals surface area contributed by atoms with E-state index in [1.165, 1.54) is 28.6 Å². The van der Waals surface area contributed by atoms with Crippen LogP contribution in [-0.4, -0.2) is 56.6 Å². The average Bonchev–Trinajstić information content (AvgIpc) is 3.32. The van der Waals surface area contributed by atoms with Gasteiger partial charge in [-0.3, -0.25) is 13.9 Å². The molecule has 0 spiro atoms. The molecule has 4 heterocycles. The fraction of sp³-hybridized carbons (Fsp3) is 0.444. The van der Waals surface area contributed by atoms with Crippen LogP contribution in [0.4, 0.5) is 24.7 Å². The Hall–Kier alpha value is -3.15. The predicted molar refractivity (Wildman–Crippen MR) is 106 cm³/mol. The van der Waals surface area contributed by atoms with E-state index in [2.05, 4.69) is 25.4 Å². The van der Waals surface area contributed by atoms with Gasteiger partial charge in [-0.1, -0.05) is 0 Å². The summed E-state index contributed by atoms with van der Waals surface area (Å²) in [6, 6.07) is 1.90. The first-order valence-corrected chi connectivity index (χ1v) is 9.28. The van der Waals surface area contributed by atoms with Crippen molar-refractivity contribution in [3.63, 3.8) is 0 Å². The van der Waals surface area contributed by atoms with Gasteiger partial charge in [-0.05, 0) is 18.9 Å². The number of carbonyl (C=O) groups excluding carboxylic acids is 1. The summed E-state index contributed by atoms with van der Waals surface area (Å²) in [5, 5.41) is 10.3. The number of piperidine rings is 1. The number of amides is 1. The Morgan fingerprint density at radius 1 is 1.37 bits per heavy atom. The zero-order valence-corrected chi connectivity index (χ0v) is 16.6. The summed E-state index contributed by atoms with van der Waals surface area (Å²) < 4.78 is 38.4. The zero-order valence-electron chi connectivity index (χ0n) is 16.6. The largest absolute Gasteiger partial charge is 0.355 e. The molecule has 0 aromatic carbocycles. The highest BCUT2D eigenvalue weighted by Gasteiger charge is 2.23. The van der Waals surface area contributed by atoms with Crippen molar-refractivity contribution in [3.8, 4) is 0 Å². The third kappa shape index (κ3) is 4.37. The van der Waals surface area contributed by atoms with Crippen molar-refractivity contribution in [2.75, 3.05) is 30.5 Å². The summed E-state index contributed by atoms with van der Waals surface area (Å²) in [7, 11) is 2.01. The molecule has 0 radical (unpaired) electrons. The van der Waals surface area contributed by atoms with E-state index >= 15 is 0 Å². The Labute approximate surface area is 170 Å². The Bertz CT molecular complexity index is 1020. The normalized spacial score (nSPS) is 16.5. The van der Waals surface area contributed by atoms with Crippen LogP contribution in [0.2, 0.25) is 0 Å². The fourth-order valence-electron chi connectivity index (χ4n) is 3.37. The minimum Gasteiger partial charge on any atom is -0.355 e. The van der Waals surface area contributed by atoms with Gasteiger partial charge < -0.3 is 16.0 Å². The molecule has 0 bridgehead atoms. The molecule has 162 valence electrons. The van der Waals surface area contributed by atoms with Gasteiger partial charge in [0.15, 0.2) is 11.3 Å². The number of nitrogens with one attached hydrogen (secondary N) is 1. The van der Waals surface area contributed by atoms with Gasteiger partial charge in [0, 0.05) is 38.6 Å². The lowest BCUT2D eigenvalue weighted by Crippen LogP contribution is -2.43. The van der Waals surface area contributed by atoms with Crippen LogP contribution >= 0.6 is 0 Å². The van der Waals surface area contributed by atoms with E-state index in [-0.39, 0.29) is 17.3 Å². The van der Waals surface area contributed by atoms with Gasteiger partial charge in [0.1, 0.15) is 11.4 Å². The van der Waals surface area contributed by atoms with Crippen LogP contribution in [0, 0.1) is 0 Å². The Morgan fingerprint density at radius 2 is 2.13 bits per heavy atom. The molecule has 1 aliphatic rings. The minimum absolute atomic E-state index is 0.0417. The van der Waals surface area contributed by atoms with Gasteiger partial charge in [-0.25, -0.2) is 18.3 Å². The molecule has 0 saturated carbocycles. The Balaban J connectivity index is 0.00000124. The molecule has 3 aromatic heterocycles. The monoisotopic (exact) mass is 424 g/mol. The molecule has 0 aliphatic carbocycles. The maximum absolute atomic E-state index is 13.1. The molecule has 1 aliphatic heterocycles. The summed E-state index contributed by atoms with van der Waals surface area (Å²) in [6.45, 7) is 1.52. The van der Waals surface area contributed by atoms with Crippen LogP contribution < -0.4 is 16.0 Å². The van der Waals surface area contributed by atoms with Crippen LogP contribution in [0.1, 0.15) is 35.3 Å². The molecule has 1 fully saturated rings. The molecule has 3 aromatic rings. The number of fused-ring (bicyclic) bond motifs is 1. The first-order chi connectivity index (χ1) is 14.4. The van der Waals surface area contributed by atoms with Crippen molar-refractivity contribution in [1.29, 1.82) is 0 Å². The van der Waals surface area contributed by atoms with E-state index < -0.39 is 18.0 Å². The lowest BCUT2D eigenvalue weighted by atomic mass is 10.1. The fourth-order valence-corrected chi connectivity index (χ4v) is 3.37. The number of carbonyl (C=O) groups is 1. The topological polar surface area (TPSA) is 106 Å².